The van der Waals surface area contributed by atoms with Crippen molar-refractivity contribution < 1.29 is 54.9 Å². The van der Waals surface area contributed by atoms with Crippen LogP contribution in [0.2, 0.25) is 0 Å². The van der Waals surface area contributed by atoms with E-state index in [-0.39, 0.29) is 54.9 Å². The van der Waals surface area contributed by atoms with Crippen LogP contribution >= 0.6 is 19.6 Å². The van der Waals surface area contributed by atoms with E-state index in [1.54, 1.807) is 0 Å². The second-order valence-electron chi connectivity index (χ2n) is 0.0680. The minimum absolute atomic E-state index is 0. The molecular formula is GdMoS2. The van der Waals surface area contributed by atoms with Gasteiger partial charge in [0.05, 0.1) is 0 Å². The van der Waals surface area contributed by atoms with Crippen LogP contribution in [0.5, 0.6) is 0 Å². The van der Waals surface area contributed by atoms with Crippen LogP contribution in [0.3, 0.4) is 0 Å². The molecule has 0 rings (SSSR count). The molecule has 0 nitrogen and oxygen atoms in total. The molecule has 0 bridgehead atoms. The molecule has 0 saturated heterocycles. The molecule has 0 spiro atoms. The molecular weight excluding hydrogens is 317 g/mol. The summed E-state index contributed by atoms with van der Waals surface area (Å²) in [5, 5.41) is 0. The Morgan fingerprint density at radius 3 is 1.25 bits per heavy atom. The first-order valence-corrected chi connectivity index (χ1v) is 5.92. The Morgan fingerprint density at radius 2 is 1.25 bits per heavy atom. The topological polar surface area (TPSA) is 0 Å². The molecule has 0 saturated carbocycles. The first kappa shape index (κ1) is 9.68. The Bertz CT molecular complexity index is 27.0. The van der Waals surface area contributed by atoms with Crippen molar-refractivity contribution in [3.63, 3.8) is 0 Å². The molecule has 0 aliphatic heterocycles. The fraction of sp³-hybridized carbons (Fsp3) is 0. The summed E-state index contributed by atoms with van der Waals surface area (Å²) in [5.74, 6) is 0. The molecule has 0 heterocycles. The molecule has 0 unspecified atom stereocenters. The zero-order valence-corrected chi connectivity index (χ0v) is 7.49. The van der Waals surface area contributed by atoms with E-state index in [4.69, 9.17) is 0 Å². The van der Waals surface area contributed by atoms with Crippen LogP contribution in [0, 0.1) is 39.9 Å². The van der Waals surface area contributed by atoms with Crippen molar-refractivity contribution in [1.82, 2.24) is 0 Å². The Hall–Kier alpha value is 2.45. The summed E-state index contributed by atoms with van der Waals surface area (Å²) in [4.78, 5) is 0. The van der Waals surface area contributed by atoms with Crippen molar-refractivity contribution in [3.05, 3.63) is 0 Å². The van der Waals surface area contributed by atoms with E-state index in [0.717, 1.165) is 0 Å². The van der Waals surface area contributed by atoms with Crippen LogP contribution in [0.1, 0.15) is 0 Å². The van der Waals surface area contributed by atoms with Gasteiger partial charge in [0, 0.05) is 39.9 Å². The number of hydrogen-bond acceptors (Lipinski definition) is 2. The summed E-state index contributed by atoms with van der Waals surface area (Å²) >= 11 is -0.363. The maximum absolute atomic E-state index is 4.34. The van der Waals surface area contributed by atoms with Crippen molar-refractivity contribution in [1.29, 1.82) is 0 Å². The predicted molar refractivity (Wildman–Crippen MR) is 15.2 cm³/mol. The number of rotatable bonds is 0. The molecule has 0 aromatic carbocycles. The summed E-state index contributed by atoms with van der Waals surface area (Å²) in [6, 6.07) is 0. The third-order valence-electron chi connectivity index (χ3n) is 0. The molecule has 0 N–H and O–H groups in total. The van der Waals surface area contributed by atoms with E-state index in [1.165, 1.54) is 0 Å². The van der Waals surface area contributed by atoms with Gasteiger partial charge in [-0.3, -0.25) is 0 Å². The average molecular weight is 317 g/mol. The van der Waals surface area contributed by atoms with E-state index in [2.05, 4.69) is 19.6 Å². The molecule has 0 aliphatic rings. The summed E-state index contributed by atoms with van der Waals surface area (Å²) < 4.78 is 0. The molecule has 0 amide bonds. The molecule has 0 fully saturated rings. The Balaban J connectivity index is 0. The van der Waals surface area contributed by atoms with E-state index in [9.17, 15) is 0 Å². The SMILES string of the molecule is [Gd].[S]=[Mo]=[S]. The monoisotopic (exact) mass is 320 g/mol. The average Bonchev–Trinajstić information content (AvgIpc) is 0.918. The van der Waals surface area contributed by atoms with Gasteiger partial charge in [-0.15, -0.1) is 0 Å². The van der Waals surface area contributed by atoms with Gasteiger partial charge in [0.25, 0.3) is 0 Å². The minimum atomic E-state index is -0.363. The summed E-state index contributed by atoms with van der Waals surface area (Å²) in [7, 11) is 8.68. The summed E-state index contributed by atoms with van der Waals surface area (Å²) in [6.07, 6.45) is 0. The van der Waals surface area contributed by atoms with Gasteiger partial charge in [-0.2, -0.15) is 0 Å². The van der Waals surface area contributed by atoms with Crippen molar-refractivity contribution in [2.45, 2.75) is 0 Å². The zero-order valence-electron chi connectivity index (χ0n) is 1.58. The fourth-order valence-corrected chi connectivity index (χ4v) is 0. The van der Waals surface area contributed by atoms with Crippen LogP contribution in [-0.4, -0.2) is 0 Å². The van der Waals surface area contributed by atoms with Crippen LogP contribution in [-0.2, 0) is 14.9 Å². The van der Waals surface area contributed by atoms with Crippen LogP contribution in [0.4, 0.5) is 0 Å². The van der Waals surface area contributed by atoms with Crippen LogP contribution in [0.25, 0.3) is 0 Å². The van der Waals surface area contributed by atoms with Crippen LogP contribution in [0.15, 0.2) is 0 Å². The van der Waals surface area contributed by atoms with Crippen molar-refractivity contribution in [2.75, 3.05) is 0 Å². The summed E-state index contributed by atoms with van der Waals surface area (Å²) in [6.45, 7) is 0. The van der Waals surface area contributed by atoms with Gasteiger partial charge in [0.1, 0.15) is 0 Å². The first-order chi connectivity index (χ1) is 1.41. The molecule has 0 aromatic rings. The third-order valence-corrected chi connectivity index (χ3v) is 0. The van der Waals surface area contributed by atoms with E-state index < -0.39 is 0 Å². The second-order valence-corrected chi connectivity index (χ2v) is 3.62. The van der Waals surface area contributed by atoms with E-state index in [0.29, 0.717) is 0 Å². The van der Waals surface area contributed by atoms with E-state index in [1.807, 2.05) is 0 Å². The number of hydrogen-bond donors (Lipinski definition) is 0. The van der Waals surface area contributed by atoms with Gasteiger partial charge in [0.2, 0.25) is 0 Å². The Labute approximate surface area is 72.8 Å². The van der Waals surface area contributed by atoms with Crippen molar-refractivity contribution in [3.8, 4) is 0 Å². The molecule has 4 heavy (non-hydrogen) atoms. The van der Waals surface area contributed by atoms with Gasteiger partial charge >= 0.3 is 34.6 Å². The quantitative estimate of drug-likeness (QED) is 0.618. The van der Waals surface area contributed by atoms with Crippen molar-refractivity contribution >= 4 is 19.6 Å². The third kappa shape index (κ3) is 8.82. The van der Waals surface area contributed by atoms with Gasteiger partial charge in [-0.05, 0) is 0 Å². The molecule has 0 aromatic heterocycles. The standard InChI is InChI=1S/Gd.Mo.2S. The van der Waals surface area contributed by atoms with Gasteiger partial charge in [0.15, 0.2) is 0 Å². The summed E-state index contributed by atoms with van der Waals surface area (Å²) in [5.41, 5.74) is 0. The van der Waals surface area contributed by atoms with Crippen LogP contribution < -0.4 is 0 Å². The normalized spacial score (nSPS) is 3.00. The van der Waals surface area contributed by atoms with E-state index >= 15 is 0 Å². The van der Waals surface area contributed by atoms with Gasteiger partial charge in [-0.1, -0.05) is 0 Å². The Kier molecular flexibility index (Phi) is 21.9. The molecule has 0 atom stereocenters. The molecule has 4 heteroatoms. The molecule has 0 aliphatic carbocycles. The molecule has 26 valence electrons. The zero-order chi connectivity index (χ0) is 2.71. The molecule has 0 radical (unpaired) electrons. The fourth-order valence-electron chi connectivity index (χ4n) is 0. The second kappa shape index (κ2) is 9.07. The Morgan fingerprint density at radius 1 is 1.25 bits per heavy atom. The first-order valence-electron chi connectivity index (χ1n) is 0.333. The predicted octanol–water partition coefficient (Wildman–Crippen LogP) is 1.29. The maximum atomic E-state index is 4.34. The van der Waals surface area contributed by atoms with Gasteiger partial charge < -0.3 is 0 Å². The van der Waals surface area contributed by atoms with Gasteiger partial charge in [-0.25, -0.2) is 0 Å². The van der Waals surface area contributed by atoms with Crippen molar-refractivity contribution in [2.24, 2.45) is 0 Å².